The van der Waals surface area contributed by atoms with Crippen molar-refractivity contribution in [1.82, 2.24) is 15.1 Å². The summed E-state index contributed by atoms with van der Waals surface area (Å²) in [5.74, 6) is -0.619. The van der Waals surface area contributed by atoms with Crippen molar-refractivity contribution in [3.8, 4) is 11.5 Å². The Balaban J connectivity index is 1.83. The summed E-state index contributed by atoms with van der Waals surface area (Å²) in [7, 11) is 0. The van der Waals surface area contributed by atoms with Gasteiger partial charge in [-0.15, -0.1) is 0 Å². The van der Waals surface area contributed by atoms with Gasteiger partial charge in [-0.1, -0.05) is 0 Å². The zero-order valence-corrected chi connectivity index (χ0v) is 17.3. The fourth-order valence-electron chi connectivity index (χ4n) is 3.60. The van der Waals surface area contributed by atoms with Gasteiger partial charge in [-0.25, -0.2) is 4.39 Å². The maximum Gasteiger partial charge on any atom is 0.277 e. The molecule has 1 aliphatic rings. The fraction of sp³-hybridized carbons (Fsp3) is 0.318. The zero-order valence-electron chi connectivity index (χ0n) is 17.3. The first-order valence-corrected chi connectivity index (χ1v) is 9.63. The van der Waals surface area contributed by atoms with E-state index in [0.29, 0.717) is 22.8 Å². The summed E-state index contributed by atoms with van der Waals surface area (Å²) in [6, 6.07) is 10.7. The standard InChI is InChI=1S/C22H23FN4O3/c1-21(2,3)24-20(29)22(4)13-26-17(12-16(25-26)18-6-5-11-30-18)19(28)27(22)15-9-7-14(23)8-10-15/h5-12H,13H2,1-4H3,(H,24,29). The molecule has 1 N–H and O–H groups in total. The van der Waals surface area contributed by atoms with Gasteiger partial charge in [-0.3, -0.25) is 19.2 Å². The molecular weight excluding hydrogens is 387 g/mol. The molecule has 2 aromatic heterocycles. The Morgan fingerprint density at radius 3 is 2.53 bits per heavy atom. The number of anilines is 1. The van der Waals surface area contributed by atoms with Crippen LogP contribution in [-0.2, 0) is 11.3 Å². The summed E-state index contributed by atoms with van der Waals surface area (Å²) >= 11 is 0. The number of rotatable bonds is 3. The second kappa shape index (κ2) is 6.83. The number of halogens is 1. The highest BCUT2D eigenvalue weighted by molar-refractivity contribution is 6.12. The molecule has 2 amide bonds. The average molecular weight is 410 g/mol. The number of hydrogen-bond acceptors (Lipinski definition) is 4. The number of carbonyl (C=O) groups is 2. The minimum Gasteiger partial charge on any atom is -0.463 e. The molecule has 8 heteroatoms. The monoisotopic (exact) mass is 410 g/mol. The third kappa shape index (κ3) is 3.38. The molecule has 1 aromatic carbocycles. The number of nitrogens with one attached hydrogen (secondary N) is 1. The van der Waals surface area contributed by atoms with Crippen molar-refractivity contribution < 1.29 is 18.4 Å². The third-order valence-electron chi connectivity index (χ3n) is 4.99. The molecular formula is C22H23FN4O3. The van der Waals surface area contributed by atoms with Gasteiger partial charge in [0.25, 0.3) is 5.91 Å². The van der Waals surface area contributed by atoms with E-state index in [9.17, 15) is 14.0 Å². The Morgan fingerprint density at radius 2 is 1.93 bits per heavy atom. The Kier molecular flexibility index (Phi) is 4.52. The van der Waals surface area contributed by atoms with Crippen LogP contribution in [0.4, 0.5) is 10.1 Å². The lowest BCUT2D eigenvalue weighted by Crippen LogP contribution is -2.66. The number of benzene rings is 1. The van der Waals surface area contributed by atoms with Crippen LogP contribution >= 0.6 is 0 Å². The molecule has 30 heavy (non-hydrogen) atoms. The molecule has 0 spiro atoms. The summed E-state index contributed by atoms with van der Waals surface area (Å²) in [6.07, 6.45) is 1.53. The molecule has 4 rings (SSSR count). The highest BCUT2D eigenvalue weighted by Crippen LogP contribution is 2.34. The molecule has 1 aliphatic heterocycles. The van der Waals surface area contributed by atoms with Crippen LogP contribution in [0.25, 0.3) is 11.5 Å². The van der Waals surface area contributed by atoms with Crippen LogP contribution in [0.15, 0.2) is 53.1 Å². The molecule has 0 saturated carbocycles. The number of fused-ring (bicyclic) bond motifs is 1. The lowest BCUT2D eigenvalue weighted by Gasteiger charge is -2.44. The average Bonchev–Trinajstić information content (AvgIpc) is 3.31. The molecule has 0 bridgehead atoms. The van der Waals surface area contributed by atoms with Crippen molar-refractivity contribution >= 4 is 17.5 Å². The quantitative estimate of drug-likeness (QED) is 0.715. The molecule has 0 aliphatic carbocycles. The van der Waals surface area contributed by atoms with E-state index in [2.05, 4.69) is 10.4 Å². The SMILES string of the molecule is CC(C)(C)NC(=O)C1(C)Cn2nc(-c3ccco3)cc2C(=O)N1c1ccc(F)cc1. The van der Waals surface area contributed by atoms with Crippen LogP contribution in [0.3, 0.4) is 0 Å². The Hall–Kier alpha value is -3.42. The van der Waals surface area contributed by atoms with Crippen molar-refractivity contribution in [2.75, 3.05) is 4.90 Å². The van der Waals surface area contributed by atoms with Gasteiger partial charge in [0, 0.05) is 17.3 Å². The zero-order chi connectivity index (χ0) is 21.7. The maximum atomic E-state index is 13.5. The van der Waals surface area contributed by atoms with E-state index in [0.717, 1.165) is 0 Å². The van der Waals surface area contributed by atoms with Crippen LogP contribution in [0.5, 0.6) is 0 Å². The number of amides is 2. The molecule has 0 fully saturated rings. The number of carbonyl (C=O) groups excluding carboxylic acids is 2. The molecule has 7 nitrogen and oxygen atoms in total. The largest absolute Gasteiger partial charge is 0.463 e. The van der Waals surface area contributed by atoms with Gasteiger partial charge < -0.3 is 9.73 Å². The van der Waals surface area contributed by atoms with E-state index in [1.54, 1.807) is 25.1 Å². The van der Waals surface area contributed by atoms with Gasteiger partial charge in [0.15, 0.2) is 5.76 Å². The number of aromatic nitrogens is 2. The van der Waals surface area contributed by atoms with Crippen molar-refractivity contribution in [3.63, 3.8) is 0 Å². The van der Waals surface area contributed by atoms with Crippen LogP contribution in [0, 0.1) is 5.82 Å². The lowest BCUT2D eigenvalue weighted by molar-refractivity contribution is -0.128. The molecule has 3 aromatic rings. The Labute approximate surface area is 173 Å². The molecule has 1 atom stereocenters. The summed E-state index contributed by atoms with van der Waals surface area (Å²) < 4.78 is 20.4. The van der Waals surface area contributed by atoms with Crippen LogP contribution in [0.1, 0.15) is 38.2 Å². The van der Waals surface area contributed by atoms with Crippen molar-refractivity contribution in [2.24, 2.45) is 0 Å². The van der Waals surface area contributed by atoms with Gasteiger partial charge >= 0.3 is 0 Å². The third-order valence-corrected chi connectivity index (χ3v) is 4.99. The van der Waals surface area contributed by atoms with E-state index < -0.39 is 22.8 Å². The van der Waals surface area contributed by atoms with Gasteiger partial charge in [0.05, 0.1) is 12.8 Å². The first-order chi connectivity index (χ1) is 14.1. The molecule has 3 heterocycles. The van der Waals surface area contributed by atoms with Crippen LogP contribution in [-0.4, -0.2) is 32.7 Å². The summed E-state index contributed by atoms with van der Waals surface area (Å²) in [6.45, 7) is 7.43. The van der Waals surface area contributed by atoms with Gasteiger partial charge in [0.1, 0.15) is 22.7 Å². The summed E-state index contributed by atoms with van der Waals surface area (Å²) in [4.78, 5) is 28.3. The van der Waals surface area contributed by atoms with E-state index in [1.807, 2.05) is 20.8 Å². The highest BCUT2D eigenvalue weighted by Gasteiger charge is 2.49. The molecule has 0 radical (unpaired) electrons. The topological polar surface area (TPSA) is 80.4 Å². The van der Waals surface area contributed by atoms with Gasteiger partial charge in [-0.2, -0.15) is 5.10 Å². The van der Waals surface area contributed by atoms with Crippen molar-refractivity contribution in [3.05, 3.63) is 60.2 Å². The molecule has 1 unspecified atom stereocenters. The number of nitrogens with zero attached hydrogens (tertiary/aromatic N) is 3. The Bertz CT molecular complexity index is 1100. The normalized spacial score (nSPS) is 19.0. The predicted octanol–water partition coefficient (Wildman–Crippen LogP) is 3.62. The second-order valence-electron chi connectivity index (χ2n) is 8.64. The smallest absolute Gasteiger partial charge is 0.277 e. The lowest BCUT2D eigenvalue weighted by atomic mass is 9.92. The van der Waals surface area contributed by atoms with E-state index in [-0.39, 0.29) is 12.5 Å². The first kappa shape index (κ1) is 19.9. The van der Waals surface area contributed by atoms with Crippen molar-refractivity contribution in [2.45, 2.75) is 45.3 Å². The van der Waals surface area contributed by atoms with E-state index in [4.69, 9.17) is 4.42 Å². The predicted molar refractivity (Wildman–Crippen MR) is 109 cm³/mol. The van der Waals surface area contributed by atoms with E-state index >= 15 is 0 Å². The molecule has 156 valence electrons. The first-order valence-electron chi connectivity index (χ1n) is 9.63. The van der Waals surface area contributed by atoms with Crippen LogP contribution < -0.4 is 10.2 Å². The molecule has 0 saturated heterocycles. The maximum absolute atomic E-state index is 13.5. The fourth-order valence-corrected chi connectivity index (χ4v) is 3.60. The second-order valence-corrected chi connectivity index (χ2v) is 8.64. The van der Waals surface area contributed by atoms with Gasteiger partial charge in [0.2, 0.25) is 5.91 Å². The minimum absolute atomic E-state index is 0.133. The summed E-state index contributed by atoms with van der Waals surface area (Å²) in [5.41, 5.74) is -0.516. The Morgan fingerprint density at radius 1 is 1.23 bits per heavy atom. The van der Waals surface area contributed by atoms with Gasteiger partial charge in [-0.05, 0) is 64.1 Å². The highest BCUT2D eigenvalue weighted by atomic mass is 19.1. The van der Waals surface area contributed by atoms with Crippen molar-refractivity contribution in [1.29, 1.82) is 0 Å². The number of hydrogen-bond donors (Lipinski definition) is 1. The minimum atomic E-state index is -1.28. The number of furan rings is 1. The van der Waals surface area contributed by atoms with E-state index in [1.165, 1.54) is 40.1 Å². The summed E-state index contributed by atoms with van der Waals surface area (Å²) in [5, 5.41) is 7.46. The van der Waals surface area contributed by atoms with Crippen LogP contribution in [0.2, 0.25) is 0 Å².